The minimum Gasteiger partial charge on any atom is -0.309 e. The van der Waals surface area contributed by atoms with E-state index >= 15 is 0 Å². The van der Waals surface area contributed by atoms with Gasteiger partial charge in [-0.25, -0.2) is 13.4 Å². The first-order valence-corrected chi connectivity index (χ1v) is 12.5. The van der Waals surface area contributed by atoms with Crippen molar-refractivity contribution in [1.29, 1.82) is 0 Å². The van der Waals surface area contributed by atoms with Gasteiger partial charge in [0.05, 0.1) is 15.1 Å². The van der Waals surface area contributed by atoms with E-state index in [0.717, 1.165) is 33.9 Å². The Morgan fingerprint density at radius 3 is 2.37 bits per heavy atom. The SMILES string of the molecule is CN(C)CCCN(C(=O)c1ccc(S(C)(=O)=O)cc1)c1nc2ccc(Br)cc2s1.Cl. The number of fused-ring (bicyclic) bond motifs is 1. The summed E-state index contributed by atoms with van der Waals surface area (Å²) in [5, 5.41) is 0.633. The van der Waals surface area contributed by atoms with Gasteiger partial charge in [-0.05, 0) is 69.5 Å². The number of nitrogens with zero attached hydrogens (tertiary/aromatic N) is 3. The first kappa shape index (κ1) is 24.7. The highest BCUT2D eigenvalue weighted by molar-refractivity contribution is 9.10. The number of amides is 1. The molecule has 3 rings (SSSR count). The number of halogens is 2. The average molecular weight is 533 g/mol. The van der Waals surface area contributed by atoms with E-state index in [0.29, 0.717) is 17.2 Å². The molecule has 0 aliphatic heterocycles. The van der Waals surface area contributed by atoms with E-state index in [9.17, 15) is 13.2 Å². The van der Waals surface area contributed by atoms with Crippen molar-refractivity contribution in [3.8, 4) is 0 Å². The van der Waals surface area contributed by atoms with Gasteiger partial charge in [-0.1, -0.05) is 27.3 Å². The largest absolute Gasteiger partial charge is 0.309 e. The standard InChI is InChI=1S/C20H22BrN3O3S2.ClH/c1-23(2)11-4-12-24(20-22-17-10-7-15(21)13-18(17)28-20)19(25)14-5-8-16(9-6-14)29(3,26)27;/h5-10,13H,4,11-12H2,1-3H3;1H. The lowest BCUT2D eigenvalue weighted by molar-refractivity contribution is 0.0986. The van der Waals surface area contributed by atoms with Crippen LogP contribution in [0.3, 0.4) is 0 Å². The summed E-state index contributed by atoms with van der Waals surface area (Å²) < 4.78 is 25.3. The number of hydrogen-bond acceptors (Lipinski definition) is 6. The summed E-state index contributed by atoms with van der Waals surface area (Å²) >= 11 is 4.93. The number of hydrogen-bond donors (Lipinski definition) is 0. The summed E-state index contributed by atoms with van der Waals surface area (Å²) in [7, 11) is 0.675. The zero-order chi connectivity index (χ0) is 21.2. The molecule has 0 radical (unpaired) electrons. The monoisotopic (exact) mass is 531 g/mol. The number of thiazole rings is 1. The molecule has 0 aliphatic rings. The quantitative estimate of drug-likeness (QED) is 0.449. The Bertz CT molecular complexity index is 1130. The van der Waals surface area contributed by atoms with Crippen LogP contribution in [0.5, 0.6) is 0 Å². The van der Waals surface area contributed by atoms with E-state index < -0.39 is 9.84 Å². The van der Waals surface area contributed by atoms with Crippen LogP contribution in [0.4, 0.5) is 5.13 Å². The smallest absolute Gasteiger partial charge is 0.260 e. The van der Waals surface area contributed by atoms with Crippen LogP contribution >= 0.6 is 39.7 Å². The van der Waals surface area contributed by atoms with E-state index in [2.05, 4.69) is 25.8 Å². The lowest BCUT2D eigenvalue weighted by Crippen LogP contribution is -2.33. The normalized spacial score (nSPS) is 11.5. The third kappa shape index (κ3) is 6.01. The molecule has 6 nitrogen and oxygen atoms in total. The Morgan fingerprint density at radius 2 is 1.77 bits per heavy atom. The minimum absolute atomic E-state index is 0. The van der Waals surface area contributed by atoms with Crippen molar-refractivity contribution in [2.75, 3.05) is 38.3 Å². The van der Waals surface area contributed by atoms with E-state index in [4.69, 9.17) is 0 Å². The van der Waals surface area contributed by atoms with Gasteiger partial charge in [0.15, 0.2) is 15.0 Å². The summed E-state index contributed by atoms with van der Waals surface area (Å²) in [6.07, 6.45) is 1.94. The van der Waals surface area contributed by atoms with Crippen molar-refractivity contribution < 1.29 is 13.2 Å². The minimum atomic E-state index is -3.31. The van der Waals surface area contributed by atoms with Gasteiger partial charge in [0.1, 0.15) is 0 Å². The molecule has 0 bridgehead atoms. The van der Waals surface area contributed by atoms with Gasteiger partial charge < -0.3 is 4.90 Å². The Balaban J connectivity index is 0.00000320. The molecule has 0 saturated carbocycles. The average Bonchev–Trinajstić information content (AvgIpc) is 3.06. The molecule has 0 aliphatic carbocycles. The van der Waals surface area contributed by atoms with Crippen LogP contribution in [0, 0.1) is 0 Å². The van der Waals surface area contributed by atoms with Gasteiger partial charge in [0.2, 0.25) is 0 Å². The summed E-state index contributed by atoms with van der Waals surface area (Å²) in [6, 6.07) is 11.9. The number of rotatable bonds is 7. The topological polar surface area (TPSA) is 70.6 Å². The van der Waals surface area contributed by atoms with Gasteiger partial charge in [-0.3, -0.25) is 9.69 Å². The molecule has 3 aromatic rings. The number of anilines is 1. The molecular formula is C20H23BrClN3O3S2. The van der Waals surface area contributed by atoms with Crippen molar-refractivity contribution in [3.63, 3.8) is 0 Å². The first-order valence-electron chi connectivity index (χ1n) is 8.98. The molecule has 0 spiro atoms. The Hall–Kier alpha value is -1.52. The molecular weight excluding hydrogens is 510 g/mol. The molecule has 10 heteroatoms. The molecule has 0 saturated heterocycles. The van der Waals surface area contributed by atoms with Crippen molar-refractivity contribution in [2.24, 2.45) is 0 Å². The number of carbonyl (C=O) groups excluding carboxylic acids is 1. The zero-order valence-corrected chi connectivity index (χ0v) is 20.9. The molecule has 0 N–H and O–H groups in total. The summed E-state index contributed by atoms with van der Waals surface area (Å²) in [5.41, 5.74) is 1.27. The van der Waals surface area contributed by atoms with Gasteiger partial charge >= 0.3 is 0 Å². The second-order valence-electron chi connectivity index (χ2n) is 7.02. The fourth-order valence-corrected chi connectivity index (χ4v) is 5.00. The Labute approximate surface area is 195 Å². The van der Waals surface area contributed by atoms with Crippen molar-refractivity contribution in [1.82, 2.24) is 9.88 Å². The van der Waals surface area contributed by atoms with Gasteiger partial charge in [0.25, 0.3) is 5.91 Å². The highest BCUT2D eigenvalue weighted by Gasteiger charge is 2.22. The Morgan fingerprint density at radius 1 is 1.10 bits per heavy atom. The maximum absolute atomic E-state index is 13.2. The Kier molecular flexibility index (Phi) is 8.41. The van der Waals surface area contributed by atoms with Gasteiger partial charge in [-0.15, -0.1) is 12.4 Å². The van der Waals surface area contributed by atoms with Crippen molar-refractivity contribution in [2.45, 2.75) is 11.3 Å². The molecule has 30 heavy (non-hydrogen) atoms. The molecule has 0 fully saturated rings. The van der Waals surface area contributed by atoms with Crippen LogP contribution in [0.25, 0.3) is 10.2 Å². The fraction of sp³-hybridized carbons (Fsp3) is 0.300. The first-order chi connectivity index (χ1) is 13.6. The van der Waals surface area contributed by atoms with E-state index in [1.807, 2.05) is 32.3 Å². The van der Waals surface area contributed by atoms with Gasteiger partial charge in [0, 0.05) is 22.8 Å². The lowest BCUT2D eigenvalue weighted by Gasteiger charge is -2.21. The van der Waals surface area contributed by atoms with Crippen LogP contribution in [0.1, 0.15) is 16.8 Å². The number of benzene rings is 2. The van der Waals surface area contributed by atoms with E-state index in [1.165, 1.54) is 23.5 Å². The summed E-state index contributed by atoms with van der Waals surface area (Å²) in [6.45, 7) is 1.36. The van der Waals surface area contributed by atoms with E-state index in [1.54, 1.807) is 17.0 Å². The highest BCUT2D eigenvalue weighted by Crippen LogP contribution is 2.32. The zero-order valence-electron chi connectivity index (χ0n) is 16.8. The second-order valence-corrected chi connectivity index (χ2v) is 11.0. The predicted molar refractivity (Wildman–Crippen MR) is 129 cm³/mol. The number of sulfone groups is 1. The molecule has 0 unspecified atom stereocenters. The van der Waals surface area contributed by atoms with Crippen LogP contribution in [-0.2, 0) is 9.84 Å². The molecule has 1 aromatic heterocycles. The molecule has 0 atom stereocenters. The molecule has 162 valence electrons. The molecule has 2 aromatic carbocycles. The van der Waals surface area contributed by atoms with E-state index in [-0.39, 0.29) is 23.2 Å². The lowest BCUT2D eigenvalue weighted by atomic mass is 10.2. The summed E-state index contributed by atoms with van der Waals surface area (Å²) in [5.74, 6) is -0.193. The maximum atomic E-state index is 13.2. The van der Waals surface area contributed by atoms with Gasteiger partial charge in [-0.2, -0.15) is 0 Å². The van der Waals surface area contributed by atoms with Crippen LogP contribution in [-0.4, -0.2) is 57.6 Å². The third-order valence-electron chi connectivity index (χ3n) is 4.33. The van der Waals surface area contributed by atoms with Crippen LogP contribution < -0.4 is 4.90 Å². The number of aromatic nitrogens is 1. The maximum Gasteiger partial charge on any atom is 0.260 e. The summed E-state index contributed by atoms with van der Waals surface area (Å²) in [4.78, 5) is 21.8. The molecule has 1 amide bonds. The molecule has 1 heterocycles. The van der Waals surface area contributed by atoms with Crippen LogP contribution in [0.15, 0.2) is 51.8 Å². The van der Waals surface area contributed by atoms with Crippen LogP contribution in [0.2, 0.25) is 0 Å². The second kappa shape index (κ2) is 10.2. The van der Waals surface area contributed by atoms with Crippen molar-refractivity contribution >= 4 is 70.8 Å². The third-order valence-corrected chi connectivity index (χ3v) is 6.99. The highest BCUT2D eigenvalue weighted by atomic mass is 79.9. The fourth-order valence-electron chi connectivity index (χ4n) is 2.83. The van der Waals surface area contributed by atoms with Crippen molar-refractivity contribution in [3.05, 3.63) is 52.5 Å². The predicted octanol–water partition coefficient (Wildman–Crippen LogP) is 4.48. The number of carbonyl (C=O) groups is 1.